The van der Waals surface area contributed by atoms with Crippen molar-refractivity contribution in [2.24, 2.45) is 11.7 Å². The van der Waals surface area contributed by atoms with E-state index in [0.717, 1.165) is 18.8 Å². The second kappa shape index (κ2) is 4.83. The molecule has 2 N–H and O–H groups in total. The number of hydrogen-bond acceptors (Lipinski definition) is 2. The zero-order chi connectivity index (χ0) is 11.5. The Kier molecular flexibility index (Phi) is 3.44. The molecule has 1 aliphatic carbocycles. The van der Waals surface area contributed by atoms with Crippen molar-refractivity contribution in [2.45, 2.75) is 25.8 Å². The first-order chi connectivity index (χ1) is 7.70. The molecule has 1 aromatic carbocycles. The van der Waals surface area contributed by atoms with Crippen molar-refractivity contribution in [3.63, 3.8) is 0 Å². The minimum absolute atomic E-state index is 0.189. The molecule has 0 heterocycles. The Morgan fingerprint density at radius 1 is 1.38 bits per heavy atom. The van der Waals surface area contributed by atoms with Crippen molar-refractivity contribution in [1.29, 1.82) is 0 Å². The van der Waals surface area contributed by atoms with Gasteiger partial charge in [-0.25, -0.2) is 4.39 Å². The Labute approximate surface area is 96.2 Å². The molecular weight excluding hydrogens is 203 g/mol. The monoisotopic (exact) mass is 222 g/mol. The number of likely N-dealkylation sites (N-methyl/N-ethyl adjacent to an activating group) is 1. The molecule has 16 heavy (non-hydrogen) atoms. The van der Waals surface area contributed by atoms with Gasteiger partial charge in [0.15, 0.2) is 0 Å². The number of nitrogens with zero attached hydrogens (tertiary/aromatic N) is 1. The van der Waals surface area contributed by atoms with Crippen molar-refractivity contribution in [1.82, 2.24) is 0 Å². The summed E-state index contributed by atoms with van der Waals surface area (Å²) in [5, 5.41) is 0. The Morgan fingerprint density at radius 2 is 2.00 bits per heavy atom. The maximum absolute atomic E-state index is 12.8. The predicted octanol–water partition coefficient (Wildman–Crippen LogP) is 2.39. The second-order valence-electron chi connectivity index (χ2n) is 4.52. The molecule has 1 aromatic rings. The van der Waals surface area contributed by atoms with Gasteiger partial charge in [-0.05, 0) is 49.9 Å². The van der Waals surface area contributed by atoms with Crippen molar-refractivity contribution in [3.05, 3.63) is 30.1 Å². The van der Waals surface area contributed by atoms with Crippen LogP contribution in [0.1, 0.15) is 19.8 Å². The highest BCUT2D eigenvalue weighted by Gasteiger charge is 2.29. The highest BCUT2D eigenvalue weighted by Crippen LogP contribution is 2.32. The molecule has 1 saturated carbocycles. The van der Waals surface area contributed by atoms with E-state index < -0.39 is 0 Å². The van der Waals surface area contributed by atoms with Gasteiger partial charge >= 0.3 is 0 Å². The van der Waals surface area contributed by atoms with Crippen molar-refractivity contribution in [3.8, 4) is 0 Å². The maximum atomic E-state index is 12.8. The highest BCUT2D eigenvalue weighted by molar-refractivity contribution is 5.46. The Hall–Kier alpha value is -1.09. The van der Waals surface area contributed by atoms with Gasteiger partial charge in [0.05, 0.1) is 0 Å². The van der Waals surface area contributed by atoms with E-state index in [0.29, 0.717) is 5.92 Å². The minimum atomic E-state index is -0.189. The summed E-state index contributed by atoms with van der Waals surface area (Å²) >= 11 is 0. The smallest absolute Gasteiger partial charge is 0.123 e. The van der Waals surface area contributed by atoms with Crippen LogP contribution in [0.25, 0.3) is 0 Å². The van der Waals surface area contributed by atoms with Crippen LogP contribution in [0.4, 0.5) is 10.1 Å². The van der Waals surface area contributed by atoms with Gasteiger partial charge in [0.25, 0.3) is 0 Å². The van der Waals surface area contributed by atoms with Gasteiger partial charge in [0.1, 0.15) is 5.82 Å². The van der Waals surface area contributed by atoms with Crippen LogP contribution in [-0.4, -0.2) is 19.1 Å². The Balaban J connectivity index is 2.00. The lowest BCUT2D eigenvalue weighted by molar-refractivity contribution is 0.576. The van der Waals surface area contributed by atoms with E-state index in [2.05, 4.69) is 11.8 Å². The third-order valence-corrected chi connectivity index (χ3v) is 3.23. The third-order valence-electron chi connectivity index (χ3n) is 3.23. The highest BCUT2D eigenvalue weighted by atomic mass is 19.1. The van der Waals surface area contributed by atoms with E-state index in [1.807, 2.05) is 12.1 Å². The first-order valence-electron chi connectivity index (χ1n) is 5.96. The summed E-state index contributed by atoms with van der Waals surface area (Å²) < 4.78 is 12.8. The van der Waals surface area contributed by atoms with E-state index in [9.17, 15) is 4.39 Å². The molecule has 88 valence electrons. The van der Waals surface area contributed by atoms with Crippen LogP contribution in [0.5, 0.6) is 0 Å². The van der Waals surface area contributed by atoms with Gasteiger partial charge in [-0.3, -0.25) is 0 Å². The molecule has 0 radical (unpaired) electrons. The average molecular weight is 222 g/mol. The van der Waals surface area contributed by atoms with Crippen molar-refractivity contribution in [2.75, 3.05) is 18.0 Å². The second-order valence-corrected chi connectivity index (χ2v) is 4.52. The number of anilines is 1. The van der Waals surface area contributed by atoms with Crippen molar-refractivity contribution >= 4 is 5.69 Å². The van der Waals surface area contributed by atoms with Crippen LogP contribution in [0.3, 0.4) is 0 Å². The molecule has 2 nitrogen and oxygen atoms in total. The molecule has 0 bridgehead atoms. The van der Waals surface area contributed by atoms with Crippen LogP contribution in [0.2, 0.25) is 0 Å². The zero-order valence-electron chi connectivity index (χ0n) is 9.70. The molecule has 0 amide bonds. The van der Waals surface area contributed by atoms with Crippen LogP contribution >= 0.6 is 0 Å². The molecule has 0 spiro atoms. The minimum Gasteiger partial charge on any atom is -0.370 e. The fraction of sp³-hybridized carbons (Fsp3) is 0.538. The van der Waals surface area contributed by atoms with Crippen LogP contribution in [0, 0.1) is 11.7 Å². The topological polar surface area (TPSA) is 29.3 Å². The molecule has 0 aromatic heterocycles. The molecule has 2 rings (SSSR count). The van der Waals surface area contributed by atoms with Gasteiger partial charge in [-0.2, -0.15) is 0 Å². The van der Waals surface area contributed by atoms with Gasteiger partial charge in [0.2, 0.25) is 0 Å². The number of rotatable bonds is 5. The van der Waals surface area contributed by atoms with E-state index in [1.54, 1.807) is 0 Å². The van der Waals surface area contributed by atoms with Crippen LogP contribution < -0.4 is 10.6 Å². The Morgan fingerprint density at radius 3 is 2.50 bits per heavy atom. The normalized spacial score (nSPS) is 17.2. The standard InChI is InChI=1S/C13H19FN2/c1-2-16(9-13(15)10-3-4-10)12-7-5-11(14)6-8-12/h5-8,10,13H,2-4,9,15H2,1H3. The molecule has 1 fully saturated rings. The largest absolute Gasteiger partial charge is 0.370 e. The maximum Gasteiger partial charge on any atom is 0.123 e. The summed E-state index contributed by atoms with van der Waals surface area (Å²) in [5.74, 6) is 0.515. The van der Waals surface area contributed by atoms with Crippen LogP contribution in [0.15, 0.2) is 24.3 Å². The third kappa shape index (κ3) is 2.73. The summed E-state index contributed by atoms with van der Waals surface area (Å²) in [5.41, 5.74) is 7.16. The van der Waals surface area contributed by atoms with Crippen molar-refractivity contribution < 1.29 is 4.39 Å². The average Bonchev–Trinajstić information content (AvgIpc) is 3.11. The fourth-order valence-electron chi connectivity index (χ4n) is 2.00. The molecule has 1 unspecified atom stereocenters. The summed E-state index contributed by atoms with van der Waals surface area (Å²) in [6.07, 6.45) is 2.53. The molecule has 0 aliphatic heterocycles. The SMILES string of the molecule is CCN(CC(N)C1CC1)c1ccc(F)cc1. The number of nitrogens with two attached hydrogens (primary N) is 1. The fourth-order valence-corrected chi connectivity index (χ4v) is 2.00. The van der Waals surface area contributed by atoms with Gasteiger partial charge in [0, 0.05) is 24.8 Å². The summed E-state index contributed by atoms with van der Waals surface area (Å²) in [6, 6.07) is 6.89. The molecule has 1 aliphatic rings. The van der Waals surface area contributed by atoms with E-state index >= 15 is 0 Å². The number of halogens is 1. The lowest BCUT2D eigenvalue weighted by Crippen LogP contribution is -2.38. The first kappa shape index (κ1) is 11.4. The van der Waals surface area contributed by atoms with Gasteiger partial charge in [-0.15, -0.1) is 0 Å². The van der Waals surface area contributed by atoms with E-state index in [-0.39, 0.29) is 11.9 Å². The number of hydrogen-bond donors (Lipinski definition) is 1. The summed E-state index contributed by atoms with van der Waals surface area (Å²) in [6.45, 7) is 3.88. The predicted molar refractivity (Wildman–Crippen MR) is 65.0 cm³/mol. The van der Waals surface area contributed by atoms with E-state index in [4.69, 9.17) is 5.73 Å². The first-order valence-corrected chi connectivity index (χ1v) is 5.96. The van der Waals surface area contributed by atoms with Crippen LogP contribution in [-0.2, 0) is 0 Å². The summed E-state index contributed by atoms with van der Waals surface area (Å²) in [7, 11) is 0. The lowest BCUT2D eigenvalue weighted by atomic mass is 10.1. The van der Waals surface area contributed by atoms with Gasteiger partial charge < -0.3 is 10.6 Å². The zero-order valence-corrected chi connectivity index (χ0v) is 9.70. The van der Waals surface area contributed by atoms with Gasteiger partial charge in [-0.1, -0.05) is 0 Å². The number of benzene rings is 1. The molecule has 0 saturated heterocycles. The molecule has 3 heteroatoms. The quantitative estimate of drug-likeness (QED) is 0.829. The van der Waals surface area contributed by atoms with E-state index in [1.165, 1.54) is 25.0 Å². The summed E-state index contributed by atoms with van der Waals surface area (Å²) in [4.78, 5) is 2.21. The molecule has 1 atom stereocenters. The lowest BCUT2D eigenvalue weighted by Gasteiger charge is -2.26. The molecular formula is C13H19FN2. The Bertz CT molecular complexity index is 332.